The largest absolute Gasteiger partial charge is 0.333 e. The van der Waals surface area contributed by atoms with Crippen LogP contribution in [0.5, 0.6) is 0 Å². The van der Waals surface area contributed by atoms with Gasteiger partial charge in [-0.2, -0.15) is 0 Å². The van der Waals surface area contributed by atoms with Crippen molar-refractivity contribution in [1.82, 2.24) is 19.8 Å². The summed E-state index contributed by atoms with van der Waals surface area (Å²) in [4.78, 5) is 31.9. The summed E-state index contributed by atoms with van der Waals surface area (Å²) in [7, 11) is 1.72. The molecule has 1 fully saturated rings. The SMILES string of the molecule is Cc1nccn1CCN(C)C(=O)NC1CC(=O)N(c2ccc(F)cc2)C1. The molecule has 8 heteroatoms. The maximum Gasteiger partial charge on any atom is 0.317 e. The number of aromatic nitrogens is 2. The molecule has 0 saturated carbocycles. The van der Waals surface area contributed by atoms with E-state index in [-0.39, 0.29) is 30.2 Å². The third-order valence-corrected chi connectivity index (χ3v) is 4.54. The second-order valence-corrected chi connectivity index (χ2v) is 6.42. The fraction of sp³-hybridized carbons (Fsp3) is 0.389. The van der Waals surface area contributed by atoms with Gasteiger partial charge < -0.3 is 19.7 Å². The van der Waals surface area contributed by atoms with Crippen molar-refractivity contribution in [3.63, 3.8) is 0 Å². The number of hydrogen-bond donors (Lipinski definition) is 1. The van der Waals surface area contributed by atoms with Gasteiger partial charge in [0.25, 0.3) is 0 Å². The lowest BCUT2D eigenvalue weighted by atomic mass is 10.2. The Morgan fingerprint density at radius 3 is 2.77 bits per heavy atom. The highest BCUT2D eigenvalue weighted by Crippen LogP contribution is 2.21. The molecule has 138 valence electrons. The number of nitrogens with one attached hydrogen (secondary N) is 1. The molecular formula is C18H22FN5O2. The first kappa shape index (κ1) is 17.9. The molecular weight excluding hydrogens is 337 g/mol. The Hall–Kier alpha value is -2.90. The van der Waals surface area contributed by atoms with E-state index in [2.05, 4.69) is 10.3 Å². The summed E-state index contributed by atoms with van der Waals surface area (Å²) in [5.74, 6) is 0.466. The standard InChI is InChI=1S/C18H22FN5O2/c1-13-20-7-8-23(13)10-9-22(2)18(26)21-15-11-17(25)24(12-15)16-5-3-14(19)4-6-16/h3-8,15H,9-12H2,1-2H3,(H,21,26). The highest BCUT2D eigenvalue weighted by Gasteiger charge is 2.32. The van der Waals surface area contributed by atoms with Gasteiger partial charge in [-0.15, -0.1) is 0 Å². The monoisotopic (exact) mass is 359 g/mol. The van der Waals surface area contributed by atoms with Crippen LogP contribution in [0.1, 0.15) is 12.2 Å². The van der Waals surface area contributed by atoms with Crippen LogP contribution in [0, 0.1) is 12.7 Å². The predicted octanol–water partition coefficient (Wildman–Crippen LogP) is 1.78. The quantitative estimate of drug-likeness (QED) is 0.885. The van der Waals surface area contributed by atoms with Gasteiger partial charge in [0.2, 0.25) is 5.91 Å². The molecule has 0 aliphatic carbocycles. The first-order chi connectivity index (χ1) is 12.4. The second-order valence-electron chi connectivity index (χ2n) is 6.42. The number of rotatable bonds is 5. The number of hydrogen-bond acceptors (Lipinski definition) is 3. The number of imidazole rings is 1. The van der Waals surface area contributed by atoms with Crippen LogP contribution in [0.4, 0.5) is 14.9 Å². The molecule has 1 aromatic carbocycles. The molecule has 1 saturated heterocycles. The van der Waals surface area contributed by atoms with Crippen LogP contribution in [0.3, 0.4) is 0 Å². The lowest BCUT2D eigenvalue weighted by Gasteiger charge is -2.22. The van der Waals surface area contributed by atoms with Gasteiger partial charge in [-0.1, -0.05) is 0 Å². The third-order valence-electron chi connectivity index (χ3n) is 4.54. The van der Waals surface area contributed by atoms with E-state index in [1.165, 1.54) is 12.1 Å². The van der Waals surface area contributed by atoms with Crippen molar-refractivity contribution >= 4 is 17.6 Å². The number of halogens is 1. The number of anilines is 1. The van der Waals surface area contributed by atoms with E-state index in [1.54, 1.807) is 35.2 Å². The molecule has 0 spiro atoms. The van der Waals surface area contributed by atoms with Gasteiger partial charge in [-0.25, -0.2) is 14.2 Å². The molecule has 7 nitrogen and oxygen atoms in total. The van der Waals surface area contributed by atoms with E-state index < -0.39 is 0 Å². The molecule has 1 aliphatic rings. The van der Waals surface area contributed by atoms with Crippen molar-refractivity contribution in [1.29, 1.82) is 0 Å². The Bertz CT molecular complexity index is 789. The second kappa shape index (κ2) is 7.55. The van der Waals surface area contributed by atoms with E-state index in [1.807, 2.05) is 17.7 Å². The number of aryl methyl sites for hydroxylation is 1. The number of carbonyl (C=O) groups is 2. The fourth-order valence-corrected chi connectivity index (χ4v) is 2.96. The molecule has 1 unspecified atom stereocenters. The van der Waals surface area contributed by atoms with Crippen LogP contribution in [-0.2, 0) is 11.3 Å². The minimum absolute atomic E-state index is 0.0846. The summed E-state index contributed by atoms with van der Waals surface area (Å²) >= 11 is 0. The number of nitrogens with zero attached hydrogens (tertiary/aromatic N) is 4. The molecule has 0 radical (unpaired) electrons. The lowest BCUT2D eigenvalue weighted by Crippen LogP contribution is -2.45. The smallest absolute Gasteiger partial charge is 0.317 e. The number of urea groups is 1. The molecule has 0 bridgehead atoms. The highest BCUT2D eigenvalue weighted by atomic mass is 19.1. The summed E-state index contributed by atoms with van der Waals surface area (Å²) in [6, 6.07) is 5.29. The molecule has 3 rings (SSSR count). The van der Waals surface area contributed by atoms with Crippen molar-refractivity contribution in [3.05, 3.63) is 48.3 Å². The lowest BCUT2D eigenvalue weighted by molar-refractivity contribution is -0.117. The van der Waals surface area contributed by atoms with Crippen LogP contribution < -0.4 is 10.2 Å². The zero-order valence-corrected chi connectivity index (χ0v) is 14.9. The first-order valence-electron chi connectivity index (χ1n) is 8.49. The Labute approximate surface area is 151 Å². The summed E-state index contributed by atoms with van der Waals surface area (Å²) in [5, 5.41) is 2.89. The summed E-state index contributed by atoms with van der Waals surface area (Å²) < 4.78 is 15.0. The maximum absolute atomic E-state index is 13.0. The third kappa shape index (κ3) is 4.01. The molecule has 1 atom stereocenters. The normalized spacial score (nSPS) is 16.8. The van der Waals surface area contributed by atoms with Crippen LogP contribution in [-0.4, -0.2) is 52.6 Å². The molecule has 3 amide bonds. The van der Waals surface area contributed by atoms with Gasteiger partial charge in [0.05, 0.1) is 6.04 Å². The van der Waals surface area contributed by atoms with Gasteiger partial charge in [0, 0.05) is 51.2 Å². The minimum atomic E-state index is -0.347. The van der Waals surface area contributed by atoms with E-state index in [9.17, 15) is 14.0 Å². The van der Waals surface area contributed by atoms with Crippen molar-refractivity contribution in [2.75, 3.05) is 25.0 Å². The van der Waals surface area contributed by atoms with Gasteiger partial charge in [0.1, 0.15) is 11.6 Å². The summed E-state index contributed by atoms with van der Waals surface area (Å²) in [6.45, 7) is 3.48. The predicted molar refractivity (Wildman–Crippen MR) is 95.3 cm³/mol. The average Bonchev–Trinajstić information content (AvgIpc) is 3.18. The Morgan fingerprint density at radius 1 is 1.38 bits per heavy atom. The maximum atomic E-state index is 13.0. The molecule has 1 N–H and O–H groups in total. The van der Waals surface area contributed by atoms with Gasteiger partial charge >= 0.3 is 6.03 Å². The van der Waals surface area contributed by atoms with E-state index in [4.69, 9.17) is 0 Å². The van der Waals surface area contributed by atoms with E-state index in [0.717, 1.165) is 5.82 Å². The first-order valence-corrected chi connectivity index (χ1v) is 8.49. The molecule has 2 heterocycles. The average molecular weight is 359 g/mol. The Balaban J connectivity index is 1.52. The van der Waals surface area contributed by atoms with Crippen molar-refractivity contribution in [2.45, 2.75) is 25.9 Å². The topological polar surface area (TPSA) is 70.5 Å². The van der Waals surface area contributed by atoms with Crippen molar-refractivity contribution in [2.24, 2.45) is 0 Å². The van der Waals surface area contributed by atoms with Crippen LogP contribution >= 0.6 is 0 Å². The molecule has 26 heavy (non-hydrogen) atoms. The van der Waals surface area contributed by atoms with E-state index in [0.29, 0.717) is 25.3 Å². The number of likely N-dealkylation sites (N-methyl/N-ethyl adjacent to an activating group) is 1. The van der Waals surface area contributed by atoms with E-state index >= 15 is 0 Å². The molecule has 2 aromatic rings. The number of carbonyl (C=O) groups excluding carboxylic acids is 2. The van der Waals surface area contributed by atoms with Gasteiger partial charge in [-0.05, 0) is 31.2 Å². The van der Waals surface area contributed by atoms with Crippen LogP contribution in [0.2, 0.25) is 0 Å². The van der Waals surface area contributed by atoms with Gasteiger partial charge in [-0.3, -0.25) is 4.79 Å². The minimum Gasteiger partial charge on any atom is -0.333 e. The summed E-state index contributed by atoms with van der Waals surface area (Å²) in [5.41, 5.74) is 0.636. The number of amides is 3. The van der Waals surface area contributed by atoms with Crippen molar-refractivity contribution in [3.8, 4) is 0 Å². The highest BCUT2D eigenvalue weighted by molar-refractivity contribution is 5.96. The Kier molecular flexibility index (Phi) is 5.20. The van der Waals surface area contributed by atoms with Gasteiger partial charge in [0.15, 0.2) is 0 Å². The Morgan fingerprint density at radius 2 is 2.12 bits per heavy atom. The van der Waals surface area contributed by atoms with Crippen LogP contribution in [0.15, 0.2) is 36.7 Å². The zero-order chi connectivity index (χ0) is 18.7. The number of benzene rings is 1. The summed E-state index contributed by atoms with van der Waals surface area (Å²) in [6.07, 6.45) is 3.83. The molecule has 1 aromatic heterocycles. The van der Waals surface area contributed by atoms with Crippen LogP contribution in [0.25, 0.3) is 0 Å². The zero-order valence-electron chi connectivity index (χ0n) is 14.9. The fourth-order valence-electron chi connectivity index (χ4n) is 2.96. The molecule has 1 aliphatic heterocycles. The van der Waals surface area contributed by atoms with Crippen molar-refractivity contribution < 1.29 is 14.0 Å².